The lowest BCUT2D eigenvalue weighted by Gasteiger charge is -2.21. The number of likely N-dealkylation sites (tertiary alicyclic amines) is 1. The monoisotopic (exact) mass is 607 g/mol. The molecule has 3 aromatic heterocycles. The number of alkyl halides is 3. The summed E-state index contributed by atoms with van der Waals surface area (Å²) in [6, 6.07) is 3.74. The van der Waals surface area contributed by atoms with Gasteiger partial charge in [0.25, 0.3) is 12.4 Å². The summed E-state index contributed by atoms with van der Waals surface area (Å²) >= 11 is 6.38. The van der Waals surface area contributed by atoms with E-state index < -0.39 is 23.8 Å². The van der Waals surface area contributed by atoms with Crippen LogP contribution in [-0.4, -0.2) is 78.0 Å². The second-order valence-corrected chi connectivity index (χ2v) is 9.62. The first-order valence-corrected chi connectivity index (χ1v) is 12.8. The minimum Gasteiger partial charge on any atom is -0.483 e. The van der Waals surface area contributed by atoms with Gasteiger partial charge in [0.15, 0.2) is 17.2 Å². The molecule has 13 nitrogen and oxygen atoms in total. The average Bonchev–Trinajstić information content (AvgIpc) is 3.68. The lowest BCUT2D eigenvalue weighted by atomic mass is 10.1. The number of carbonyl (C=O) groups excluding carboxylic acids is 2. The number of carboxylic acid groups (broad SMARTS) is 1. The number of rotatable bonds is 6. The van der Waals surface area contributed by atoms with Gasteiger partial charge in [0.05, 0.1) is 28.0 Å². The molecule has 6 N–H and O–H groups in total. The number of amides is 2. The van der Waals surface area contributed by atoms with Crippen LogP contribution in [0.1, 0.15) is 29.4 Å². The number of H-pyrrole nitrogens is 1. The Hall–Kier alpha value is -4.70. The minimum absolute atomic E-state index is 0.0664. The predicted molar refractivity (Wildman–Crippen MR) is 145 cm³/mol. The van der Waals surface area contributed by atoms with Gasteiger partial charge in [-0.25, -0.2) is 9.97 Å². The third-order valence-corrected chi connectivity index (χ3v) is 6.66. The van der Waals surface area contributed by atoms with Crippen LogP contribution in [0.15, 0.2) is 43.0 Å². The van der Waals surface area contributed by atoms with E-state index in [9.17, 15) is 22.8 Å². The molecule has 2 atom stereocenters. The molecule has 0 saturated carbocycles. The normalized spacial score (nSPS) is 15.6. The fourth-order valence-electron chi connectivity index (χ4n) is 4.42. The number of aromatic amines is 1. The lowest BCUT2D eigenvalue weighted by molar-refractivity contribution is -0.140. The van der Waals surface area contributed by atoms with Gasteiger partial charge in [-0.05, 0) is 31.5 Å². The molecule has 2 amide bonds. The Morgan fingerprint density at radius 1 is 1.31 bits per heavy atom. The van der Waals surface area contributed by atoms with Crippen molar-refractivity contribution in [1.29, 1.82) is 0 Å². The van der Waals surface area contributed by atoms with Crippen molar-refractivity contribution in [3.63, 3.8) is 0 Å². The molecule has 0 spiro atoms. The van der Waals surface area contributed by atoms with Gasteiger partial charge in [-0.15, -0.1) is 0 Å². The Kier molecular flexibility index (Phi) is 8.96. The van der Waals surface area contributed by atoms with Crippen LogP contribution in [0.5, 0.6) is 0 Å². The average molecular weight is 608 g/mol. The number of nitrogens with two attached hydrogens (primary N) is 1. The summed E-state index contributed by atoms with van der Waals surface area (Å²) in [4.78, 5) is 43.8. The molecule has 0 radical (unpaired) electrons. The van der Waals surface area contributed by atoms with Gasteiger partial charge in [-0.2, -0.15) is 18.3 Å². The van der Waals surface area contributed by atoms with E-state index in [2.05, 4.69) is 30.8 Å². The summed E-state index contributed by atoms with van der Waals surface area (Å²) in [5.41, 5.74) is 5.68. The SMILES string of the molecule is CC(NC(=O)c1ccc(Nc2nccn3c(-c4c[nH]nc4C(F)(F)F)cnc23)cc1Cl)C(=O)N1CC[C@H](N)C1.O=CO. The van der Waals surface area contributed by atoms with Crippen LogP contribution < -0.4 is 16.4 Å². The van der Waals surface area contributed by atoms with Crippen molar-refractivity contribution >= 4 is 47.0 Å². The molecule has 5 rings (SSSR count). The topological polar surface area (TPSA) is 184 Å². The van der Waals surface area contributed by atoms with Crippen molar-refractivity contribution in [1.82, 2.24) is 34.8 Å². The van der Waals surface area contributed by atoms with Gasteiger partial charge in [-0.3, -0.25) is 23.9 Å². The van der Waals surface area contributed by atoms with Gasteiger partial charge in [0.2, 0.25) is 5.91 Å². The van der Waals surface area contributed by atoms with Crippen LogP contribution in [-0.2, 0) is 15.8 Å². The second-order valence-electron chi connectivity index (χ2n) is 9.21. The highest BCUT2D eigenvalue weighted by Gasteiger charge is 2.37. The van der Waals surface area contributed by atoms with Crippen molar-refractivity contribution in [3.8, 4) is 11.3 Å². The molecule has 1 fully saturated rings. The quantitative estimate of drug-likeness (QED) is 0.206. The third kappa shape index (κ3) is 6.44. The molecule has 1 saturated heterocycles. The van der Waals surface area contributed by atoms with Crippen LogP contribution in [0.2, 0.25) is 5.02 Å². The van der Waals surface area contributed by atoms with Crippen LogP contribution in [0, 0.1) is 0 Å². The second kappa shape index (κ2) is 12.4. The zero-order valence-corrected chi connectivity index (χ0v) is 22.6. The lowest BCUT2D eigenvalue weighted by Crippen LogP contribution is -2.46. The van der Waals surface area contributed by atoms with Crippen molar-refractivity contribution < 1.29 is 32.7 Å². The summed E-state index contributed by atoms with van der Waals surface area (Å²) < 4.78 is 41.5. The molecule has 1 unspecified atom stereocenters. The zero-order chi connectivity index (χ0) is 30.6. The number of imidazole rings is 1. The molecule has 1 aromatic carbocycles. The Morgan fingerprint density at radius 3 is 2.69 bits per heavy atom. The molecule has 4 heterocycles. The van der Waals surface area contributed by atoms with Crippen molar-refractivity contribution in [2.75, 3.05) is 18.4 Å². The van der Waals surface area contributed by atoms with Crippen LogP contribution in [0.25, 0.3) is 16.9 Å². The van der Waals surface area contributed by atoms with Gasteiger partial charge < -0.3 is 26.4 Å². The van der Waals surface area contributed by atoms with E-state index in [0.29, 0.717) is 25.2 Å². The standard InChI is InChI=1S/C24H23ClF3N9O2.CH2O2/c1-12(23(39)36-6-4-13(29)11-36)33-22(38)15-3-2-14(8-17(15)25)34-20-21-31-10-18(37(21)7-5-30-20)16-9-32-35-19(16)24(26,27)28;2-1-3/h2-3,5,7-10,12-13H,4,6,11,29H2,1H3,(H,30,34)(H,32,35)(H,33,38);1H,(H,2,3)/t12?,13-;/m0./s1. The fourth-order valence-corrected chi connectivity index (χ4v) is 4.69. The Morgan fingerprint density at radius 2 is 2.05 bits per heavy atom. The first-order valence-electron chi connectivity index (χ1n) is 12.4. The van der Waals surface area contributed by atoms with E-state index in [1.54, 1.807) is 17.9 Å². The third-order valence-electron chi connectivity index (χ3n) is 6.34. The fraction of sp³-hybridized carbons (Fsp3) is 0.280. The summed E-state index contributed by atoms with van der Waals surface area (Å²) in [5, 5.41) is 18.3. The van der Waals surface area contributed by atoms with E-state index >= 15 is 0 Å². The molecular formula is C25H25ClF3N9O4. The maximum absolute atomic E-state index is 13.4. The number of fused-ring (bicyclic) bond motifs is 1. The highest BCUT2D eigenvalue weighted by Crippen LogP contribution is 2.36. The largest absolute Gasteiger partial charge is 0.483 e. The van der Waals surface area contributed by atoms with E-state index in [4.69, 9.17) is 27.2 Å². The number of aromatic nitrogens is 5. The molecule has 4 aromatic rings. The number of nitrogens with zero attached hydrogens (tertiary/aromatic N) is 5. The Bertz CT molecular complexity index is 1610. The highest BCUT2D eigenvalue weighted by atomic mass is 35.5. The molecule has 1 aliphatic rings. The van der Waals surface area contributed by atoms with E-state index in [0.717, 1.165) is 6.20 Å². The first kappa shape index (κ1) is 30.3. The van der Waals surface area contributed by atoms with Crippen LogP contribution >= 0.6 is 11.6 Å². The molecule has 42 heavy (non-hydrogen) atoms. The predicted octanol–water partition coefficient (Wildman–Crippen LogP) is 2.91. The molecule has 1 aliphatic heterocycles. The first-order chi connectivity index (χ1) is 19.9. The van der Waals surface area contributed by atoms with Crippen LogP contribution in [0.3, 0.4) is 0 Å². The van der Waals surface area contributed by atoms with Crippen molar-refractivity contribution in [2.45, 2.75) is 31.6 Å². The summed E-state index contributed by atoms with van der Waals surface area (Å²) in [6.45, 7) is 2.34. The number of hydrogen-bond acceptors (Lipinski definition) is 8. The minimum atomic E-state index is -4.65. The van der Waals surface area contributed by atoms with Gasteiger partial charge in [0, 0.05) is 43.4 Å². The number of carbonyl (C=O) groups is 3. The van der Waals surface area contributed by atoms with E-state index in [1.807, 2.05) is 0 Å². The Labute approximate surface area is 240 Å². The zero-order valence-electron chi connectivity index (χ0n) is 21.9. The van der Waals surface area contributed by atoms with E-state index in [-0.39, 0.29) is 51.7 Å². The van der Waals surface area contributed by atoms with Gasteiger partial charge in [-0.1, -0.05) is 11.6 Å². The maximum atomic E-state index is 13.4. The molecule has 0 bridgehead atoms. The number of hydrogen-bond donors (Lipinski definition) is 5. The number of halogens is 4. The smallest absolute Gasteiger partial charge is 0.435 e. The van der Waals surface area contributed by atoms with Crippen molar-refractivity contribution in [3.05, 3.63) is 59.3 Å². The number of nitrogens with one attached hydrogen (secondary N) is 3. The molecular weight excluding hydrogens is 583 g/mol. The summed E-state index contributed by atoms with van der Waals surface area (Å²) in [5.74, 6) is -0.492. The molecule has 222 valence electrons. The van der Waals surface area contributed by atoms with Crippen molar-refractivity contribution in [2.24, 2.45) is 5.73 Å². The number of anilines is 2. The Balaban J connectivity index is 0.00000129. The highest BCUT2D eigenvalue weighted by molar-refractivity contribution is 6.34. The van der Waals surface area contributed by atoms with Gasteiger partial charge in [0.1, 0.15) is 6.04 Å². The van der Waals surface area contributed by atoms with Gasteiger partial charge >= 0.3 is 6.18 Å². The summed E-state index contributed by atoms with van der Waals surface area (Å²) in [7, 11) is 0. The molecule has 17 heteroatoms. The number of benzene rings is 1. The van der Waals surface area contributed by atoms with E-state index in [1.165, 1.54) is 35.1 Å². The molecule has 0 aliphatic carbocycles. The van der Waals surface area contributed by atoms with Crippen LogP contribution in [0.4, 0.5) is 24.7 Å². The maximum Gasteiger partial charge on any atom is 0.435 e. The summed E-state index contributed by atoms with van der Waals surface area (Å²) in [6.07, 6.45) is 1.40.